The molecule has 2 atom stereocenters. The van der Waals surface area contributed by atoms with Crippen LogP contribution in [-0.2, 0) is 4.74 Å². The quantitative estimate of drug-likeness (QED) is 0.816. The first-order valence-corrected chi connectivity index (χ1v) is 7.06. The summed E-state index contributed by atoms with van der Waals surface area (Å²) in [7, 11) is 0. The number of anilines is 1. The van der Waals surface area contributed by atoms with Gasteiger partial charge in [0.2, 0.25) is 0 Å². The maximum atomic E-state index is 5.79. The van der Waals surface area contributed by atoms with Gasteiger partial charge in [-0.2, -0.15) is 5.10 Å². The second-order valence-corrected chi connectivity index (χ2v) is 5.41. The van der Waals surface area contributed by atoms with Crippen molar-refractivity contribution in [3.8, 4) is 0 Å². The lowest BCUT2D eigenvalue weighted by Crippen LogP contribution is -2.47. The van der Waals surface area contributed by atoms with Crippen LogP contribution in [0, 0.1) is 0 Å². The molecule has 4 nitrogen and oxygen atoms in total. The van der Waals surface area contributed by atoms with E-state index in [0.29, 0.717) is 0 Å². The number of aromatic nitrogens is 2. The number of rotatable bonds is 1. The molecule has 19 heavy (non-hydrogen) atoms. The highest BCUT2D eigenvalue weighted by molar-refractivity contribution is 5.51. The van der Waals surface area contributed by atoms with Gasteiger partial charge in [-0.1, -0.05) is 18.2 Å². The number of nitrogens with zero attached hydrogens (tertiary/aromatic N) is 2. The van der Waals surface area contributed by atoms with Gasteiger partial charge >= 0.3 is 0 Å². The Morgan fingerprint density at radius 2 is 2.05 bits per heavy atom. The maximum absolute atomic E-state index is 5.79. The topological polar surface area (TPSA) is 41.2 Å². The van der Waals surface area contributed by atoms with Crippen LogP contribution < -0.4 is 15.5 Å². The lowest BCUT2D eigenvalue weighted by molar-refractivity contribution is -0.00550. The number of H-pyrrole nitrogens is 1. The fourth-order valence-electron chi connectivity index (χ4n) is 2.85. The smallest absolute Gasteiger partial charge is 0.158 e. The molecular formula is C15H21N3O. The van der Waals surface area contributed by atoms with Crippen molar-refractivity contribution in [2.45, 2.75) is 38.9 Å². The van der Waals surface area contributed by atoms with E-state index in [0.717, 1.165) is 37.1 Å². The van der Waals surface area contributed by atoms with Crippen molar-refractivity contribution < 1.29 is 4.74 Å². The van der Waals surface area contributed by atoms with Crippen molar-refractivity contribution in [2.75, 3.05) is 18.0 Å². The molecule has 1 saturated heterocycles. The summed E-state index contributed by atoms with van der Waals surface area (Å²) < 4.78 is 5.79. The van der Waals surface area contributed by atoms with Crippen molar-refractivity contribution in [1.82, 2.24) is 10.2 Å². The van der Waals surface area contributed by atoms with Crippen molar-refractivity contribution in [3.05, 3.63) is 22.7 Å². The zero-order valence-electron chi connectivity index (χ0n) is 11.6. The number of hydrogen-bond donors (Lipinski definition) is 1. The minimum Gasteiger partial charge on any atom is -0.372 e. The minimum absolute atomic E-state index is 0.254. The fraction of sp³-hybridized carbons (Fsp3) is 0.533. The molecule has 0 aromatic carbocycles. The molecule has 1 fully saturated rings. The van der Waals surface area contributed by atoms with E-state index < -0.39 is 0 Å². The van der Waals surface area contributed by atoms with Gasteiger partial charge in [0.05, 0.1) is 17.6 Å². The number of fused-ring (bicyclic) bond motifs is 1. The van der Waals surface area contributed by atoms with Crippen LogP contribution in [-0.4, -0.2) is 35.5 Å². The largest absolute Gasteiger partial charge is 0.372 e. The normalized spacial score (nSPS) is 26.9. The molecule has 0 bridgehead atoms. The zero-order chi connectivity index (χ0) is 13.2. The molecule has 1 aromatic heterocycles. The van der Waals surface area contributed by atoms with Crippen molar-refractivity contribution in [2.24, 2.45) is 0 Å². The molecule has 0 saturated carbocycles. The van der Waals surface area contributed by atoms with E-state index >= 15 is 0 Å². The SMILES string of the molecule is CC1CN(c2n[nH]c3c2=CC=CCCC=3)CC(C)O1. The third-order valence-corrected chi connectivity index (χ3v) is 3.61. The van der Waals surface area contributed by atoms with Crippen LogP contribution in [0.2, 0.25) is 0 Å². The molecule has 3 rings (SSSR count). The molecule has 0 spiro atoms. The van der Waals surface area contributed by atoms with E-state index in [9.17, 15) is 0 Å². The Morgan fingerprint density at radius 1 is 1.26 bits per heavy atom. The molecule has 2 aliphatic rings. The van der Waals surface area contributed by atoms with Crippen molar-refractivity contribution >= 4 is 18.0 Å². The third-order valence-electron chi connectivity index (χ3n) is 3.61. The summed E-state index contributed by atoms with van der Waals surface area (Å²) in [5, 5.41) is 10.0. The number of aromatic amines is 1. The molecule has 2 unspecified atom stereocenters. The lowest BCUT2D eigenvalue weighted by atomic mass is 10.2. The molecule has 2 heterocycles. The highest BCUT2D eigenvalue weighted by atomic mass is 16.5. The Balaban J connectivity index is 2.01. The van der Waals surface area contributed by atoms with Gasteiger partial charge in [-0.3, -0.25) is 5.10 Å². The molecular weight excluding hydrogens is 238 g/mol. The first kappa shape index (κ1) is 12.5. The number of allylic oxidation sites excluding steroid dienone is 2. The van der Waals surface area contributed by atoms with Crippen LogP contribution in [0.25, 0.3) is 12.2 Å². The summed E-state index contributed by atoms with van der Waals surface area (Å²) in [4.78, 5) is 2.33. The molecule has 1 aliphatic carbocycles. The van der Waals surface area contributed by atoms with Crippen LogP contribution in [0.4, 0.5) is 5.82 Å². The zero-order valence-corrected chi connectivity index (χ0v) is 11.6. The number of morpholine rings is 1. The Labute approximate surface area is 113 Å². The van der Waals surface area contributed by atoms with Crippen LogP contribution >= 0.6 is 0 Å². The first-order valence-electron chi connectivity index (χ1n) is 7.06. The van der Waals surface area contributed by atoms with Gasteiger partial charge < -0.3 is 9.64 Å². The van der Waals surface area contributed by atoms with E-state index in [2.05, 4.69) is 53.2 Å². The summed E-state index contributed by atoms with van der Waals surface area (Å²) in [6, 6.07) is 0. The number of ether oxygens (including phenoxy) is 1. The summed E-state index contributed by atoms with van der Waals surface area (Å²) in [5.74, 6) is 1.06. The maximum Gasteiger partial charge on any atom is 0.158 e. The van der Waals surface area contributed by atoms with E-state index in [1.54, 1.807) is 0 Å². The molecule has 1 N–H and O–H groups in total. The summed E-state index contributed by atoms with van der Waals surface area (Å²) in [6.45, 7) is 6.04. The average molecular weight is 259 g/mol. The van der Waals surface area contributed by atoms with Crippen molar-refractivity contribution in [3.63, 3.8) is 0 Å². The fourth-order valence-corrected chi connectivity index (χ4v) is 2.85. The van der Waals surface area contributed by atoms with Crippen LogP contribution in [0.3, 0.4) is 0 Å². The van der Waals surface area contributed by atoms with Gasteiger partial charge in [-0.05, 0) is 32.8 Å². The van der Waals surface area contributed by atoms with Gasteiger partial charge in [0.1, 0.15) is 0 Å². The Hall–Kier alpha value is -1.55. The monoisotopic (exact) mass is 259 g/mol. The molecule has 1 aromatic rings. The minimum atomic E-state index is 0.254. The van der Waals surface area contributed by atoms with E-state index in [1.807, 2.05) is 0 Å². The van der Waals surface area contributed by atoms with Crippen LogP contribution in [0.15, 0.2) is 12.2 Å². The first-order chi connectivity index (χ1) is 9.24. The predicted octanol–water partition coefficient (Wildman–Crippen LogP) is 0.934. The lowest BCUT2D eigenvalue weighted by Gasteiger charge is -2.35. The number of hydrogen-bond acceptors (Lipinski definition) is 3. The van der Waals surface area contributed by atoms with Gasteiger partial charge in [-0.25, -0.2) is 0 Å². The van der Waals surface area contributed by atoms with Crippen LogP contribution in [0.1, 0.15) is 26.7 Å². The molecule has 1 aliphatic heterocycles. The molecule has 102 valence electrons. The Kier molecular flexibility index (Phi) is 3.42. The number of nitrogens with one attached hydrogen (secondary N) is 1. The van der Waals surface area contributed by atoms with Gasteiger partial charge in [0, 0.05) is 18.3 Å². The van der Waals surface area contributed by atoms with Crippen LogP contribution in [0.5, 0.6) is 0 Å². The highest BCUT2D eigenvalue weighted by Crippen LogP contribution is 2.14. The van der Waals surface area contributed by atoms with Gasteiger partial charge in [-0.15, -0.1) is 0 Å². The van der Waals surface area contributed by atoms with E-state index in [-0.39, 0.29) is 12.2 Å². The summed E-state index contributed by atoms with van der Waals surface area (Å²) in [6.07, 6.45) is 11.4. The van der Waals surface area contributed by atoms with E-state index in [1.165, 1.54) is 5.22 Å². The standard InChI is InChI=1S/C15H21N3O/c1-11-9-18(10-12(2)19-11)15-13-7-5-3-4-6-8-14(13)16-17-15/h3,5,7-8,11-12,16H,4,6,9-10H2,1-2H3. The second kappa shape index (κ2) is 5.21. The third kappa shape index (κ3) is 2.59. The Morgan fingerprint density at radius 3 is 2.84 bits per heavy atom. The highest BCUT2D eigenvalue weighted by Gasteiger charge is 2.24. The summed E-state index contributed by atoms with van der Waals surface area (Å²) >= 11 is 0. The Bertz CT molecular complexity index is 577. The van der Waals surface area contributed by atoms with E-state index in [4.69, 9.17) is 4.74 Å². The van der Waals surface area contributed by atoms with Gasteiger partial charge in [0.15, 0.2) is 5.82 Å². The molecule has 0 radical (unpaired) electrons. The average Bonchev–Trinajstić information content (AvgIpc) is 2.69. The summed E-state index contributed by atoms with van der Waals surface area (Å²) in [5.41, 5.74) is 0. The van der Waals surface area contributed by atoms with Crippen molar-refractivity contribution in [1.29, 1.82) is 0 Å². The molecule has 4 heteroatoms. The predicted molar refractivity (Wildman–Crippen MR) is 77.4 cm³/mol. The van der Waals surface area contributed by atoms with Gasteiger partial charge in [0.25, 0.3) is 0 Å². The second-order valence-electron chi connectivity index (χ2n) is 5.41. The molecule has 0 amide bonds.